The van der Waals surface area contributed by atoms with Crippen LogP contribution in [0.4, 0.5) is 10.5 Å². The van der Waals surface area contributed by atoms with E-state index in [-0.39, 0.29) is 15.9 Å². The van der Waals surface area contributed by atoms with Gasteiger partial charge < -0.3 is 9.84 Å². The number of anilines is 1. The van der Waals surface area contributed by atoms with Crippen molar-refractivity contribution in [3.05, 3.63) is 70.1 Å². The van der Waals surface area contributed by atoms with Gasteiger partial charge in [-0.1, -0.05) is 17.7 Å². The first-order chi connectivity index (χ1) is 13.4. The van der Waals surface area contributed by atoms with Gasteiger partial charge in [-0.15, -0.1) is 6.58 Å². The number of aromatic hydroxyl groups is 1. The molecule has 0 atom stereocenters. The molecule has 0 bridgehead atoms. The predicted octanol–water partition coefficient (Wildman–Crippen LogP) is 5.41. The molecule has 5 nitrogen and oxygen atoms in total. The predicted molar refractivity (Wildman–Crippen MR) is 113 cm³/mol. The molecule has 2 aromatic carbocycles. The Bertz CT molecular complexity index is 969. The van der Waals surface area contributed by atoms with E-state index in [9.17, 15) is 14.7 Å². The van der Waals surface area contributed by atoms with Crippen LogP contribution in [0.15, 0.2) is 54.0 Å². The Morgan fingerprint density at radius 2 is 1.96 bits per heavy atom. The van der Waals surface area contributed by atoms with E-state index in [0.29, 0.717) is 40.6 Å². The van der Waals surface area contributed by atoms with Crippen LogP contribution in [0, 0.1) is 0 Å². The van der Waals surface area contributed by atoms with E-state index >= 15 is 0 Å². The van der Waals surface area contributed by atoms with Crippen LogP contribution in [0.2, 0.25) is 5.02 Å². The lowest BCUT2D eigenvalue weighted by Crippen LogP contribution is -2.27. The van der Waals surface area contributed by atoms with Crippen molar-refractivity contribution in [1.29, 1.82) is 0 Å². The number of carbonyl (C=O) groups is 2. The molecule has 1 fully saturated rings. The van der Waals surface area contributed by atoms with E-state index in [0.717, 1.165) is 16.7 Å². The van der Waals surface area contributed by atoms with Gasteiger partial charge >= 0.3 is 0 Å². The first kappa shape index (κ1) is 20.0. The van der Waals surface area contributed by atoms with Gasteiger partial charge in [-0.3, -0.25) is 9.59 Å². The van der Waals surface area contributed by atoms with Crippen LogP contribution in [-0.2, 0) is 11.2 Å². The second-order valence-electron chi connectivity index (χ2n) is 5.95. The molecule has 0 aliphatic carbocycles. The monoisotopic (exact) mass is 415 g/mol. The number of allylic oxidation sites excluding steroid dienone is 1. The summed E-state index contributed by atoms with van der Waals surface area (Å²) in [4.78, 5) is 26.6. The number of phenolic OH excluding ortho intramolecular Hbond substituents is 1. The zero-order valence-electron chi connectivity index (χ0n) is 15.1. The highest BCUT2D eigenvalue weighted by atomic mass is 35.5. The Morgan fingerprint density at radius 3 is 2.61 bits per heavy atom. The molecule has 2 aromatic rings. The molecule has 0 spiro atoms. The van der Waals surface area contributed by atoms with Gasteiger partial charge in [0.05, 0.1) is 17.2 Å². The SMILES string of the molecule is C=CCc1cc(/C=C2/SC(=O)N(c3ccc(Cl)cc3)C2=O)cc(OCC)c1O. The third kappa shape index (κ3) is 4.08. The lowest BCUT2D eigenvalue weighted by atomic mass is 10.1. The second-order valence-corrected chi connectivity index (χ2v) is 7.38. The number of ether oxygens (including phenoxy) is 1. The molecule has 0 radical (unpaired) electrons. The van der Waals surface area contributed by atoms with E-state index in [1.54, 1.807) is 48.6 Å². The number of nitrogens with zero attached hydrogens (tertiary/aromatic N) is 1. The number of hydrogen-bond acceptors (Lipinski definition) is 5. The molecule has 1 aliphatic heterocycles. The summed E-state index contributed by atoms with van der Waals surface area (Å²) in [5, 5.41) is 10.4. The molecule has 144 valence electrons. The molecule has 0 aromatic heterocycles. The topological polar surface area (TPSA) is 66.8 Å². The van der Waals surface area contributed by atoms with Crippen LogP contribution in [0.3, 0.4) is 0 Å². The zero-order valence-corrected chi connectivity index (χ0v) is 16.7. The van der Waals surface area contributed by atoms with Crippen LogP contribution in [-0.4, -0.2) is 22.9 Å². The summed E-state index contributed by atoms with van der Waals surface area (Å²) in [5.74, 6) is -0.0353. The number of amides is 2. The summed E-state index contributed by atoms with van der Waals surface area (Å²) < 4.78 is 5.48. The zero-order chi connectivity index (χ0) is 20.3. The smallest absolute Gasteiger partial charge is 0.298 e. The molecule has 1 heterocycles. The van der Waals surface area contributed by atoms with Crippen molar-refractivity contribution in [2.75, 3.05) is 11.5 Å². The molecule has 28 heavy (non-hydrogen) atoms. The quantitative estimate of drug-likeness (QED) is 0.504. The summed E-state index contributed by atoms with van der Waals surface area (Å²) in [6.07, 6.45) is 3.73. The molecular formula is C21H18ClNO4S. The number of rotatable bonds is 6. The highest BCUT2D eigenvalue weighted by Crippen LogP contribution is 2.38. The first-order valence-corrected chi connectivity index (χ1v) is 9.77. The fraction of sp³-hybridized carbons (Fsp3) is 0.143. The van der Waals surface area contributed by atoms with Crippen LogP contribution in [0.5, 0.6) is 11.5 Å². The van der Waals surface area contributed by atoms with Crippen LogP contribution in [0.25, 0.3) is 6.08 Å². The number of carbonyl (C=O) groups excluding carboxylic acids is 2. The Balaban J connectivity index is 1.97. The molecule has 2 amide bonds. The molecule has 3 rings (SSSR count). The number of thioether (sulfide) groups is 1. The van der Waals surface area contributed by atoms with Gasteiger partial charge in [0, 0.05) is 10.6 Å². The third-order valence-electron chi connectivity index (χ3n) is 4.02. The molecular weight excluding hydrogens is 398 g/mol. The maximum Gasteiger partial charge on any atom is 0.298 e. The first-order valence-electron chi connectivity index (χ1n) is 8.57. The van der Waals surface area contributed by atoms with Crippen molar-refractivity contribution in [2.45, 2.75) is 13.3 Å². The van der Waals surface area contributed by atoms with Gasteiger partial charge in [-0.2, -0.15) is 0 Å². The molecule has 1 aliphatic rings. The van der Waals surface area contributed by atoms with Crippen molar-refractivity contribution in [1.82, 2.24) is 0 Å². The van der Waals surface area contributed by atoms with Gasteiger partial charge in [0.2, 0.25) is 0 Å². The molecule has 7 heteroatoms. The Morgan fingerprint density at radius 1 is 1.25 bits per heavy atom. The van der Waals surface area contributed by atoms with Gasteiger partial charge in [0.1, 0.15) is 0 Å². The van der Waals surface area contributed by atoms with Crippen molar-refractivity contribution < 1.29 is 19.4 Å². The average molecular weight is 416 g/mol. The summed E-state index contributed by atoms with van der Waals surface area (Å²) in [7, 11) is 0. The van der Waals surface area contributed by atoms with Gasteiger partial charge in [-0.25, -0.2) is 4.90 Å². The summed E-state index contributed by atoms with van der Waals surface area (Å²) in [5.41, 5.74) is 1.74. The summed E-state index contributed by atoms with van der Waals surface area (Å²) in [6, 6.07) is 9.88. The second kappa shape index (κ2) is 8.54. The number of hydrogen-bond donors (Lipinski definition) is 1. The highest BCUT2D eigenvalue weighted by Gasteiger charge is 2.36. The minimum Gasteiger partial charge on any atom is -0.504 e. The maximum absolute atomic E-state index is 12.8. The minimum absolute atomic E-state index is 0.0492. The van der Waals surface area contributed by atoms with Crippen molar-refractivity contribution >= 4 is 46.3 Å². The standard InChI is InChI=1S/C21H18ClNO4S/c1-3-5-14-10-13(11-17(19(14)24)27-4-2)12-18-20(25)23(21(26)28-18)16-8-6-15(22)7-9-16/h3,6-12,24H,1,4-5H2,2H3/b18-12+. The summed E-state index contributed by atoms with van der Waals surface area (Å²) >= 11 is 6.74. The van der Waals surface area contributed by atoms with Crippen LogP contribution >= 0.6 is 23.4 Å². The number of halogens is 1. The molecule has 0 unspecified atom stereocenters. The van der Waals surface area contributed by atoms with E-state index < -0.39 is 5.91 Å². The van der Waals surface area contributed by atoms with Crippen LogP contribution in [0.1, 0.15) is 18.1 Å². The highest BCUT2D eigenvalue weighted by molar-refractivity contribution is 8.19. The summed E-state index contributed by atoms with van der Waals surface area (Å²) in [6.45, 7) is 5.89. The lowest BCUT2D eigenvalue weighted by molar-refractivity contribution is -0.113. The Kier molecular flexibility index (Phi) is 6.11. The van der Waals surface area contributed by atoms with E-state index in [1.165, 1.54) is 0 Å². The van der Waals surface area contributed by atoms with Gasteiger partial charge in [0.15, 0.2) is 11.5 Å². The Labute approximate surface area is 172 Å². The van der Waals surface area contributed by atoms with E-state index in [4.69, 9.17) is 16.3 Å². The van der Waals surface area contributed by atoms with Crippen molar-refractivity contribution in [3.8, 4) is 11.5 Å². The third-order valence-corrected chi connectivity index (χ3v) is 5.14. The van der Waals surface area contributed by atoms with Crippen molar-refractivity contribution in [2.24, 2.45) is 0 Å². The molecule has 0 saturated carbocycles. The molecule has 1 saturated heterocycles. The average Bonchev–Trinajstić information content (AvgIpc) is 2.93. The fourth-order valence-electron chi connectivity index (χ4n) is 2.78. The largest absolute Gasteiger partial charge is 0.504 e. The number of imide groups is 1. The molecule has 1 N–H and O–H groups in total. The van der Waals surface area contributed by atoms with Crippen LogP contribution < -0.4 is 9.64 Å². The minimum atomic E-state index is -0.409. The van der Waals surface area contributed by atoms with Gasteiger partial charge in [0.25, 0.3) is 11.1 Å². The number of phenols is 1. The van der Waals surface area contributed by atoms with Crippen molar-refractivity contribution in [3.63, 3.8) is 0 Å². The lowest BCUT2D eigenvalue weighted by Gasteiger charge is -2.12. The maximum atomic E-state index is 12.8. The van der Waals surface area contributed by atoms with E-state index in [2.05, 4.69) is 6.58 Å². The normalized spacial score (nSPS) is 15.4. The number of benzene rings is 2. The fourth-order valence-corrected chi connectivity index (χ4v) is 3.75. The van der Waals surface area contributed by atoms with E-state index in [1.807, 2.05) is 6.92 Å². The van der Waals surface area contributed by atoms with Gasteiger partial charge in [-0.05, 0) is 73.1 Å². The Hall–Kier alpha value is -2.70.